The Bertz CT molecular complexity index is 716. The van der Waals surface area contributed by atoms with Crippen molar-refractivity contribution in [2.24, 2.45) is 0 Å². The monoisotopic (exact) mass is 360 g/mol. The molecule has 1 fully saturated rings. The highest BCUT2D eigenvalue weighted by molar-refractivity contribution is 5.53. The number of rotatable bonds is 7. The zero-order chi connectivity index (χ0) is 18.7. The predicted octanol–water partition coefficient (Wildman–Crippen LogP) is 4.16. The third-order valence-electron chi connectivity index (χ3n) is 4.93. The zero-order valence-corrected chi connectivity index (χ0v) is 16.2. The Hall–Kier alpha value is -2.21. The number of benzene rings is 1. The summed E-state index contributed by atoms with van der Waals surface area (Å²) in [6.07, 6.45) is 2.24. The van der Waals surface area contributed by atoms with Gasteiger partial charge in [0.2, 0.25) is 5.75 Å². The van der Waals surface area contributed by atoms with Crippen LogP contribution in [0.5, 0.6) is 17.2 Å². The first-order chi connectivity index (χ1) is 12.6. The van der Waals surface area contributed by atoms with Crippen molar-refractivity contribution >= 4 is 0 Å². The summed E-state index contributed by atoms with van der Waals surface area (Å²) >= 11 is 0. The number of likely N-dealkylation sites (tertiary alicyclic amines) is 1. The molecule has 2 heterocycles. The Morgan fingerprint density at radius 1 is 1.12 bits per heavy atom. The van der Waals surface area contributed by atoms with Crippen LogP contribution >= 0.6 is 0 Å². The van der Waals surface area contributed by atoms with Crippen molar-refractivity contribution in [3.63, 3.8) is 0 Å². The van der Waals surface area contributed by atoms with Gasteiger partial charge in [0, 0.05) is 18.5 Å². The van der Waals surface area contributed by atoms with Crippen LogP contribution in [0.2, 0.25) is 0 Å². The van der Waals surface area contributed by atoms with E-state index in [0.717, 1.165) is 42.9 Å². The van der Waals surface area contributed by atoms with Gasteiger partial charge in [0.25, 0.3) is 0 Å². The van der Waals surface area contributed by atoms with Crippen molar-refractivity contribution in [1.29, 1.82) is 0 Å². The van der Waals surface area contributed by atoms with Crippen molar-refractivity contribution in [2.75, 3.05) is 27.9 Å². The van der Waals surface area contributed by atoms with Gasteiger partial charge in [-0.3, -0.25) is 4.90 Å². The van der Waals surface area contributed by atoms with Crippen LogP contribution in [0.1, 0.15) is 55.7 Å². The lowest BCUT2D eigenvalue weighted by Gasteiger charge is -2.23. The molecule has 0 aliphatic carbocycles. The average molecular weight is 360 g/mol. The van der Waals surface area contributed by atoms with Crippen molar-refractivity contribution in [3.05, 3.63) is 35.2 Å². The van der Waals surface area contributed by atoms with Gasteiger partial charge in [0.1, 0.15) is 11.5 Å². The van der Waals surface area contributed by atoms with E-state index in [-0.39, 0.29) is 6.04 Å². The molecular formula is C20H28N2O4. The molecule has 1 aliphatic heterocycles. The molecule has 0 amide bonds. The highest BCUT2D eigenvalue weighted by Gasteiger charge is 2.29. The van der Waals surface area contributed by atoms with Crippen molar-refractivity contribution in [3.8, 4) is 17.2 Å². The predicted molar refractivity (Wildman–Crippen MR) is 99.1 cm³/mol. The molecule has 1 aromatic carbocycles. The molecule has 6 heteroatoms. The van der Waals surface area contributed by atoms with Gasteiger partial charge in [-0.15, -0.1) is 0 Å². The number of aromatic nitrogens is 1. The smallest absolute Gasteiger partial charge is 0.203 e. The van der Waals surface area contributed by atoms with Crippen LogP contribution in [-0.2, 0) is 6.54 Å². The molecule has 142 valence electrons. The Labute approximate surface area is 155 Å². The van der Waals surface area contributed by atoms with E-state index < -0.39 is 0 Å². The molecule has 26 heavy (non-hydrogen) atoms. The minimum atomic E-state index is 0.283. The van der Waals surface area contributed by atoms with Gasteiger partial charge in [0.15, 0.2) is 11.5 Å². The van der Waals surface area contributed by atoms with E-state index >= 15 is 0 Å². The highest BCUT2D eigenvalue weighted by atomic mass is 16.5. The number of hydrogen-bond acceptors (Lipinski definition) is 6. The molecule has 6 nitrogen and oxygen atoms in total. The Kier molecular flexibility index (Phi) is 5.71. The normalized spacial score (nSPS) is 17.7. The Morgan fingerprint density at radius 3 is 2.35 bits per heavy atom. The van der Waals surface area contributed by atoms with E-state index in [1.807, 2.05) is 12.1 Å². The fourth-order valence-electron chi connectivity index (χ4n) is 3.54. The van der Waals surface area contributed by atoms with Crippen LogP contribution in [0.15, 0.2) is 22.7 Å². The van der Waals surface area contributed by atoms with Crippen molar-refractivity contribution in [1.82, 2.24) is 10.1 Å². The largest absolute Gasteiger partial charge is 0.493 e. The molecule has 2 aromatic rings. The molecule has 1 saturated heterocycles. The van der Waals surface area contributed by atoms with Crippen molar-refractivity contribution < 1.29 is 18.7 Å². The second-order valence-corrected chi connectivity index (χ2v) is 6.97. The molecular weight excluding hydrogens is 332 g/mol. The minimum Gasteiger partial charge on any atom is -0.493 e. The molecule has 0 unspecified atom stereocenters. The van der Waals surface area contributed by atoms with E-state index in [9.17, 15) is 0 Å². The summed E-state index contributed by atoms with van der Waals surface area (Å²) in [5.74, 6) is 3.28. The lowest BCUT2D eigenvalue weighted by Crippen LogP contribution is -2.23. The van der Waals surface area contributed by atoms with Gasteiger partial charge < -0.3 is 18.7 Å². The quantitative estimate of drug-likeness (QED) is 0.739. The van der Waals surface area contributed by atoms with Crippen molar-refractivity contribution in [2.45, 2.75) is 45.2 Å². The van der Waals surface area contributed by atoms with Crippen LogP contribution in [-0.4, -0.2) is 37.9 Å². The Morgan fingerprint density at radius 2 is 1.81 bits per heavy atom. The van der Waals surface area contributed by atoms with Gasteiger partial charge in [0.05, 0.1) is 27.4 Å². The van der Waals surface area contributed by atoms with Gasteiger partial charge in [-0.1, -0.05) is 19.0 Å². The van der Waals surface area contributed by atoms with Crippen LogP contribution in [0.25, 0.3) is 0 Å². The second kappa shape index (κ2) is 7.99. The van der Waals surface area contributed by atoms with E-state index in [1.165, 1.54) is 0 Å². The summed E-state index contributed by atoms with van der Waals surface area (Å²) < 4.78 is 21.9. The van der Waals surface area contributed by atoms with Crippen LogP contribution in [0.4, 0.5) is 0 Å². The summed E-state index contributed by atoms with van der Waals surface area (Å²) in [5, 5.41) is 4.32. The lowest BCUT2D eigenvalue weighted by atomic mass is 10.1. The summed E-state index contributed by atoms with van der Waals surface area (Å²) in [7, 11) is 4.90. The zero-order valence-electron chi connectivity index (χ0n) is 16.2. The SMILES string of the molecule is COc1cc(CN2CCC[C@H]2c2cc(C(C)C)on2)cc(OC)c1OC. The van der Waals surface area contributed by atoms with Crippen LogP contribution < -0.4 is 14.2 Å². The summed E-state index contributed by atoms with van der Waals surface area (Å²) in [6.45, 7) is 6.07. The fourth-order valence-corrected chi connectivity index (χ4v) is 3.54. The van der Waals surface area contributed by atoms with Crippen LogP contribution in [0.3, 0.4) is 0 Å². The van der Waals surface area contributed by atoms with Gasteiger partial charge >= 0.3 is 0 Å². The standard InChI is InChI=1S/C20H28N2O4/c1-13(2)17-11-15(21-26-17)16-7-6-8-22(16)12-14-9-18(23-3)20(25-5)19(10-14)24-4/h9-11,13,16H,6-8,12H2,1-5H3/t16-/m0/s1. The number of hydrogen-bond donors (Lipinski definition) is 0. The molecule has 0 spiro atoms. The Balaban J connectivity index is 1.83. The topological polar surface area (TPSA) is 57.0 Å². The third kappa shape index (κ3) is 3.65. The number of nitrogens with zero attached hydrogens (tertiary/aromatic N) is 2. The molecule has 1 atom stereocenters. The van der Waals surface area contributed by atoms with E-state index in [4.69, 9.17) is 18.7 Å². The summed E-state index contributed by atoms with van der Waals surface area (Å²) in [5.41, 5.74) is 2.15. The van der Waals surface area contributed by atoms with E-state index in [1.54, 1.807) is 21.3 Å². The summed E-state index contributed by atoms with van der Waals surface area (Å²) in [4.78, 5) is 2.43. The van der Waals surface area contributed by atoms with E-state index in [2.05, 4.69) is 30.0 Å². The first kappa shape index (κ1) is 18.6. The minimum absolute atomic E-state index is 0.283. The number of methoxy groups -OCH3 is 3. The molecule has 0 saturated carbocycles. The number of ether oxygens (including phenoxy) is 3. The highest BCUT2D eigenvalue weighted by Crippen LogP contribution is 2.40. The second-order valence-electron chi connectivity index (χ2n) is 6.97. The maximum atomic E-state index is 5.51. The fraction of sp³-hybridized carbons (Fsp3) is 0.550. The van der Waals surface area contributed by atoms with Gasteiger partial charge in [-0.05, 0) is 37.1 Å². The average Bonchev–Trinajstić information content (AvgIpc) is 3.29. The maximum absolute atomic E-state index is 5.51. The third-order valence-corrected chi connectivity index (χ3v) is 4.93. The van der Waals surface area contributed by atoms with E-state index in [0.29, 0.717) is 23.2 Å². The molecule has 1 aliphatic rings. The van der Waals surface area contributed by atoms with Gasteiger partial charge in [-0.2, -0.15) is 0 Å². The first-order valence-electron chi connectivity index (χ1n) is 9.06. The molecule has 1 aromatic heterocycles. The molecule has 3 rings (SSSR count). The first-order valence-corrected chi connectivity index (χ1v) is 9.06. The van der Waals surface area contributed by atoms with Gasteiger partial charge in [-0.25, -0.2) is 0 Å². The molecule has 0 bridgehead atoms. The molecule has 0 radical (unpaired) electrons. The molecule has 0 N–H and O–H groups in total. The summed E-state index contributed by atoms with van der Waals surface area (Å²) in [6, 6.07) is 6.41. The maximum Gasteiger partial charge on any atom is 0.203 e. The lowest BCUT2D eigenvalue weighted by molar-refractivity contribution is 0.235. The van der Waals surface area contributed by atoms with Crippen LogP contribution in [0, 0.1) is 0 Å².